The number of nitrogens with one attached hydrogen (secondary N) is 1. The molecule has 0 amide bonds. The first-order valence-corrected chi connectivity index (χ1v) is 14.4. The van der Waals surface area contributed by atoms with E-state index in [2.05, 4.69) is 96.6 Å². The van der Waals surface area contributed by atoms with E-state index in [-0.39, 0.29) is 23.0 Å². The van der Waals surface area contributed by atoms with Gasteiger partial charge in [-0.25, -0.2) is 4.98 Å². The molecule has 2 aromatic carbocycles. The molecule has 5 rings (SSSR count). The maximum Gasteiger partial charge on any atom is 0.261 e. The lowest BCUT2D eigenvalue weighted by Gasteiger charge is -2.49. The van der Waals surface area contributed by atoms with E-state index in [1.807, 2.05) is 5.38 Å². The number of rotatable bonds is 7. The van der Waals surface area contributed by atoms with E-state index in [0.29, 0.717) is 5.69 Å². The highest BCUT2D eigenvalue weighted by molar-refractivity contribution is 7.14. The Morgan fingerprint density at radius 1 is 1.06 bits per heavy atom. The number of thiazole rings is 1. The number of carbonyl (C=O) groups excluding carboxylic acids is 1. The lowest BCUT2D eigenvalue weighted by Crippen LogP contribution is -2.70. The smallest absolute Gasteiger partial charge is 0.261 e. The van der Waals surface area contributed by atoms with Gasteiger partial charge in [0.1, 0.15) is 5.69 Å². The summed E-state index contributed by atoms with van der Waals surface area (Å²) in [5.74, 6) is 0.115. The fraction of sp³-hybridized carbons (Fsp3) is 0.385. The average Bonchev–Trinajstić information content (AvgIpc) is 3.22. The summed E-state index contributed by atoms with van der Waals surface area (Å²) in [4.78, 5) is 19.4. The van der Waals surface area contributed by atoms with E-state index in [9.17, 15) is 4.79 Å². The molecule has 33 heavy (non-hydrogen) atoms. The molecule has 3 aromatic rings. The fourth-order valence-electron chi connectivity index (χ4n) is 4.82. The highest BCUT2D eigenvalue weighted by Crippen LogP contribution is 2.39. The summed E-state index contributed by atoms with van der Waals surface area (Å²) >= 11 is 1.55. The van der Waals surface area contributed by atoms with Gasteiger partial charge >= 0.3 is 0 Å². The predicted octanol–water partition coefficient (Wildman–Crippen LogP) is 3.45. The normalized spacial score (nSPS) is 19.1. The summed E-state index contributed by atoms with van der Waals surface area (Å²) in [7, 11) is -2.54. The van der Waals surface area contributed by atoms with Crippen LogP contribution in [0.5, 0.6) is 0 Å². The Balaban J connectivity index is 1.37. The Kier molecular flexibility index (Phi) is 5.99. The third-order valence-electron chi connectivity index (χ3n) is 6.76. The molecule has 2 aliphatic heterocycles. The molecule has 5 nitrogen and oxygen atoms in total. The number of hydrogen-bond donors (Lipinski definition) is 1. The molecule has 172 valence electrons. The lowest BCUT2D eigenvalue weighted by molar-refractivity contribution is 0.0899. The zero-order valence-electron chi connectivity index (χ0n) is 19.5. The van der Waals surface area contributed by atoms with Gasteiger partial charge in [0, 0.05) is 18.5 Å². The van der Waals surface area contributed by atoms with Crippen molar-refractivity contribution in [1.29, 1.82) is 0 Å². The van der Waals surface area contributed by atoms with Crippen molar-refractivity contribution in [3.8, 4) is 0 Å². The fourth-order valence-corrected chi connectivity index (χ4v) is 10.3. The van der Waals surface area contributed by atoms with Gasteiger partial charge in [-0.3, -0.25) is 4.79 Å². The molecule has 1 N–H and O–H groups in total. The molecule has 2 fully saturated rings. The lowest BCUT2D eigenvalue weighted by atomic mass is 10.0. The van der Waals surface area contributed by atoms with Gasteiger partial charge in [0.05, 0.1) is 12.1 Å². The zero-order valence-corrected chi connectivity index (χ0v) is 21.3. The molecule has 0 bridgehead atoms. The molecular weight excluding hydrogens is 446 g/mol. The minimum Gasteiger partial charge on any atom is -0.401 e. The first kappa shape index (κ1) is 22.5. The second kappa shape index (κ2) is 8.80. The summed E-state index contributed by atoms with van der Waals surface area (Å²) in [6.07, 6.45) is 1.04. The van der Waals surface area contributed by atoms with E-state index in [4.69, 9.17) is 4.43 Å². The second-order valence-corrected chi connectivity index (χ2v) is 15.1. The summed E-state index contributed by atoms with van der Waals surface area (Å²) in [5, 5.41) is 8.56. The number of anilines is 1. The number of Topliss-reactive ketones (excluding diaryl/α,β-unsaturated/α-hetero) is 1. The Morgan fingerprint density at radius 3 is 2.12 bits per heavy atom. The van der Waals surface area contributed by atoms with Gasteiger partial charge < -0.3 is 14.6 Å². The molecule has 3 heterocycles. The molecule has 0 spiro atoms. The van der Waals surface area contributed by atoms with Crippen LogP contribution in [0.25, 0.3) is 0 Å². The number of hydrogen-bond acceptors (Lipinski definition) is 6. The monoisotopic (exact) mass is 477 g/mol. The van der Waals surface area contributed by atoms with Crippen molar-refractivity contribution >= 4 is 40.9 Å². The summed E-state index contributed by atoms with van der Waals surface area (Å²) in [6, 6.07) is 21.5. The van der Waals surface area contributed by atoms with Crippen LogP contribution in [-0.4, -0.2) is 50.9 Å². The van der Waals surface area contributed by atoms with Crippen molar-refractivity contribution in [2.75, 3.05) is 24.5 Å². The number of ketones is 1. The Bertz CT molecular complexity index is 1060. The van der Waals surface area contributed by atoms with Gasteiger partial charge in [-0.1, -0.05) is 81.4 Å². The van der Waals surface area contributed by atoms with Gasteiger partial charge in [-0.15, -0.1) is 11.3 Å². The molecule has 0 radical (unpaired) electrons. The zero-order chi connectivity index (χ0) is 23.1. The van der Waals surface area contributed by atoms with Crippen molar-refractivity contribution in [3.05, 3.63) is 71.7 Å². The molecule has 1 unspecified atom stereocenters. The van der Waals surface area contributed by atoms with E-state index < -0.39 is 8.32 Å². The van der Waals surface area contributed by atoms with Crippen LogP contribution in [0.3, 0.4) is 0 Å². The minimum atomic E-state index is -2.54. The summed E-state index contributed by atoms with van der Waals surface area (Å²) in [5.41, 5.74) is 0.587. The standard InChI is InChI=1S/C26H31N3O2SSi/c1-26(2,3)33(20-10-6-4-7-11-20,21-12-8-5-9-13-21)31-19-16-29(17-19)25-28-23(18-32-25)24(30)22-14-15-27-22/h4-13,18-19,22,27H,14-17H2,1-3H3. The van der Waals surface area contributed by atoms with Crippen molar-refractivity contribution in [2.45, 2.75) is 44.4 Å². The Labute approximate surface area is 200 Å². The third kappa shape index (κ3) is 4.08. The number of benzene rings is 2. The van der Waals surface area contributed by atoms with Gasteiger partial charge in [0.15, 0.2) is 10.9 Å². The molecule has 2 aliphatic rings. The largest absolute Gasteiger partial charge is 0.401 e. The van der Waals surface area contributed by atoms with Gasteiger partial charge in [0.25, 0.3) is 8.32 Å². The van der Waals surface area contributed by atoms with Crippen LogP contribution in [0, 0.1) is 0 Å². The SMILES string of the molecule is CC(C)(C)[Si](OC1CN(c2nc(C(=O)C3CCN3)cs2)C1)(c1ccccc1)c1ccccc1. The van der Waals surface area contributed by atoms with Crippen LogP contribution in [0.2, 0.25) is 5.04 Å². The predicted molar refractivity (Wildman–Crippen MR) is 138 cm³/mol. The quantitative estimate of drug-likeness (QED) is 0.417. The second-order valence-electron chi connectivity index (χ2n) is 9.98. The van der Waals surface area contributed by atoms with E-state index in [1.54, 1.807) is 11.3 Å². The van der Waals surface area contributed by atoms with Crippen LogP contribution >= 0.6 is 11.3 Å². The Morgan fingerprint density at radius 2 is 1.64 bits per heavy atom. The van der Waals surface area contributed by atoms with Crippen molar-refractivity contribution in [3.63, 3.8) is 0 Å². The molecule has 2 saturated heterocycles. The molecule has 1 atom stereocenters. The van der Waals surface area contributed by atoms with Crippen LogP contribution in [-0.2, 0) is 4.43 Å². The van der Waals surface area contributed by atoms with Crippen molar-refractivity contribution in [2.24, 2.45) is 0 Å². The number of carbonyl (C=O) groups is 1. The van der Waals surface area contributed by atoms with E-state index in [1.165, 1.54) is 10.4 Å². The first-order valence-electron chi connectivity index (χ1n) is 11.7. The third-order valence-corrected chi connectivity index (χ3v) is 12.8. The molecule has 0 saturated carbocycles. The van der Waals surface area contributed by atoms with Gasteiger partial charge in [-0.2, -0.15) is 0 Å². The molecule has 0 aliphatic carbocycles. The molecule has 1 aromatic heterocycles. The summed E-state index contributed by atoms with van der Waals surface area (Å²) in [6.45, 7) is 9.44. The van der Waals surface area contributed by atoms with Crippen LogP contribution in [0.1, 0.15) is 37.7 Å². The van der Waals surface area contributed by atoms with Crippen molar-refractivity contribution < 1.29 is 9.22 Å². The maximum absolute atomic E-state index is 12.5. The number of nitrogens with zero attached hydrogens (tertiary/aromatic N) is 2. The molecular formula is C26H31N3O2SSi. The topological polar surface area (TPSA) is 54.5 Å². The van der Waals surface area contributed by atoms with Crippen LogP contribution in [0.4, 0.5) is 5.13 Å². The average molecular weight is 478 g/mol. The van der Waals surface area contributed by atoms with Gasteiger partial charge in [-0.05, 0) is 28.4 Å². The highest BCUT2D eigenvalue weighted by Gasteiger charge is 2.52. The number of aromatic nitrogens is 1. The van der Waals surface area contributed by atoms with E-state index in [0.717, 1.165) is 31.2 Å². The maximum atomic E-state index is 12.5. The summed E-state index contributed by atoms with van der Waals surface area (Å²) < 4.78 is 7.18. The van der Waals surface area contributed by atoms with Crippen LogP contribution < -0.4 is 20.6 Å². The van der Waals surface area contributed by atoms with Crippen molar-refractivity contribution in [1.82, 2.24) is 10.3 Å². The van der Waals surface area contributed by atoms with Gasteiger partial charge in [0.2, 0.25) is 0 Å². The Hall–Kier alpha value is -2.32. The minimum absolute atomic E-state index is 0.0350. The van der Waals surface area contributed by atoms with Crippen LogP contribution in [0.15, 0.2) is 66.0 Å². The molecule has 7 heteroatoms. The van der Waals surface area contributed by atoms with E-state index >= 15 is 0 Å². The first-order chi connectivity index (χ1) is 15.9. The highest BCUT2D eigenvalue weighted by atomic mass is 32.1.